The molecule has 100 valence electrons. The molecule has 0 N–H and O–H groups in total. The van der Waals surface area contributed by atoms with Gasteiger partial charge in [0.1, 0.15) is 0 Å². The molecule has 1 aromatic carbocycles. The van der Waals surface area contributed by atoms with Crippen LogP contribution in [0.5, 0.6) is 0 Å². The van der Waals surface area contributed by atoms with Gasteiger partial charge in [-0.3, -0.25) is 4.79 Å². The van der Waals surface area contributed by atoms with E-state index < -0.39 is 33.4 Å². The molecule has 0 amide bonds. The lowest BCUT2D eigenvalue weighted by Gasteiger charge is -2.11. The molecule has 0 heterocycles. The summed E-state index contributed by atoms with van der Waals surface area (Å²) in [6, 6.07) is 6.59. The van der Waals surface area contributed by atoms with Gasteiger partial charge in [0.2, 0.25) is 16.7 Å². The standard InChI is InChI=1S/C10H7F6OS/c11-9(12,13)18(10(14,15)16)6-8(17)7-4-2-1-3-5-7/h1-5H,6H2/q+1. The van der Waals surface area contributed by atoms with E-state index >= 15 is 0 Å². The molecule has 0 bridgehead atoms. The highest BCUT2D eigenvalue weighted by Gasteiger charge is 2.69. The Balaban J connectivity index is 2.90. The first kappa shape index (κ1) is 14.9. The lowest BCUT2D eigenvalue weighted by atomic mass is 10.2. The molecule has 0 aliphatic rings. The summed E-state index contributed by atoms with van der Waals surface area (Å²) in [5.41, 5.74) is -11.1. The van der Waals surface area contributed by atoms with Crippen LogP contribution in [0.4, 0.5) is 26.3 Å². The maximum atomic E-state index is 12.2. The number of hydrogen-bond donors (Lipinski definition) is 0. The van der Waals surface area contributed by atoms with Crippen LogP contribution in [-0.2, 0) is 10.9 Å². The Hall–Kier alpha value is -1.18. The van der Waals surface area contributed by atoms with Crippen molar-refractivity contribution in [3.05, 3.63) is 35.9 Å². The van der Waals surface area contributed by atoms with Crippen LogP contribution in [-0.4, -0.2) is 22.6 Å². The zero-order valence-electron chi connectivity index (χ0n) is 8.68. The third-order valence-corrected chi connectivity index (χ3v) is 3.60. The van der Waals surface area contributed by atoms with Crippen LogP contribution in [0.25, 0.3) is 0 Å². The first-order valence-corrected chi connectivity index (χ1v) is 5.94. The second-order valence-corrected chi connectivity index (χ2v) is 5.21. The summed E-state index contributed by atoms with van der Waals surface area (Å²) in [5, 5.41) is 0. The number of ketones is 1. The van der Waals surface area contributed by atoms with Gasteiger partial charge in [-0.15, -0.1) is 26.3 Å². The fourth-order valence-electron chi connectivity index (χ4n) is 1.13. The van der Waals surface area contributed by atoms with Crippen LogP contribution in [0.3, 0.4) is 0 Å². The number of alkyl halides is 6. The average Bonchev–Trinajstić information content (AvgIpc) is 2.23. The van der Waals surface area contributed by atoms with E-state index in [4.69, 9.17) is 0 Å². The van der Waals surface area contributed by atoms with Gasteiger partial charge in [-0.2, -0.15) is 0 Å². The zero-order valence-corrected chi connectivity index (χ0v) is 9.49. The summed E-state index contributed by atoms with van der Waals surface area (Å²) in [6.07, 6.45) is 0. The van der Waals surface area contributed by atoms with Gasteiger partial charge in [0.05, 0.1) is 0 Å². The van der Waals surface area contributed by atoms with Crippen molar-refractivity contribution in [2.45, 2.75) is 11.0 Å². The van der Waals surface area contributed by atoms with Crippen molar-refractivity contribution in [3.8, 4) is 0 Å². The van der Waals surface area contributed by atoms with E-state index in [2.05, 4.69) is 0 Å². The van der Waals surface area contributed by atoms with Gasteiger partial charge in [-0.05, 0) is 0 Å². The molecule has 0 saturated carbocycles. The van der Waals surface area contributed by atoms with Gasteiger partial charge in [-0.25, -0.2) is 0 Å². The third kappa shape index (κ3) is 3.94. The Morgan fingerprint density at radius 1 is 0.944 bits per heavy atom. The second-order valence-electron chi connectivity index (χ2n) is 3.22. The predicted octanol–water partition coefficient (Wildman–Crippen LogP) is 3.53. The van der Waals surface area contributed by atoms with Crippen LogP contribution in [0.15, 0.2) is 30.3 Å². The quantitative estimate of drug-likeness (QED) is 0.472. The molecule has 0 atom stereocenters. The smallest absolute Gasteiger partial charge is 0.289 e. The van der Waals surface area contributed by atoms with E-state index in [0.29, 0.717) is 0 Å². The number of carbonyl (C=O) groups excluding carboxylic acids is 1. The van der Waals surface area contributed by atoms with Gasteiger partial charge in [0.25, 0.3) is 0 Å². The fourth-order valence-corrected chi connectivity index (χ4v) is 2.15. The Kier molecular flexibility index (Phi) is 4.31. The lowest BCUT2D eigenvalue weighted by Crippen LogP contribution is -2.41. The molecule has 8 heteroatoms. The topological polar surface area (TPSA) is 17.1 Å². The van der Waals surface area contributed by atoms with E-state index in [1.165, 1.54) is 30.3 Å². The minimum absolute atomic E-state index is 0.163. The van der Waals surface area contributed by atoms with Crippen molar-refractivity contribution >= 4 is 16.7 Å². The maximum Gasteiger partial charge on any atom is 0.584 e. The molecule has 1 nitrogen and oxygen atoms in total. The number of Topliss-reactive ketones (excluding diaryl/α,β-unsaturated/α-hetero) is 1. The van der Waals surface area contributed by atoms with Crippen molar-refractivity contribution in [1.82, 2.24) is 0 Å². The molecule has 0 aromatic heterocycles. The lowest BCUT2D eigenvalue weighted by molar-refractivity contribution is -0.0770. The van der Waals surface area contributed by atoms with Crippen LogP contribution in [0.1, 0.15) is 10.4 Å². The Bertz CT molecular complexity index is 397. The summed E-state index contributed by atoms with van der Waals surface area (Å²) in [7, 11) is -3.94. The molecular weight excluding hydrogens is 282 g/mol. The van der Waals surface area contributed by atoms with Gasteiger partial charge < -0.3 is 0 Å². The normalized spacial score (nSPS) is 12.8. The van der Waals surface area contributed by atoms with Crippen molar-refractivity contribution in [2.24, 2.45) is 0 Å². The number of halogens is 6. The summed E-state index contributed by atoms with van der Waals surface area (Å²) >= 11 is 0. The highest BCUT2D eigenvalue weighted by Crippen LogP contribution is 2.39. The van der Waals surface area contributed by atoms with E-state index in [9.17, 15) is 31.1 Å². The Morgan fingerprint density at radius 3 is 1.78 bits per heavy atom. The zero-order chi connectivity index (χ0) is 14.0. The Morgan fingerprint density at radius 2 is 1.39 bits per heavy atom. The van der Waals surface area contributed by atoms with E-state index in [1.54, 1.807) is 0 Å². The van der Waals surface area contributed by atoms with Crippen molar-refractivity contribution in [3.63, 3.8) is 0 Å². The molecular formula is C10H7F6OS+. The minimum atomic E-state index is -5.46. The maximum absolute atomic E-state index is 12.2. The van der Waals surface area contributed by atoms with Crippen molar-refractivity contribution in [1.29, 1.82) is 0 Å². The molecule has 18 heavy (non-hydrogen) atoms. The summed E-state index contributed by atoms with van der Waals surface area (Å²) < 4.78 is 73.4. The summed E-state index contributed by atoms with van der Waals surface area (Å²) in [4.78, 5) is 11.4. The molecule has 0 radical (unpaired) electrons. The van der Waals surface area contributed by atoms with Gasteiger partial charge in [0.15, 0.2) is 5.75 Å². The van der Waals surface area contributed by atoms with Crippen LogP contribution in [0.2, 0.25) is 0 Å². The van der Waals surface area contributed by atoms with Gasteiger partial charge in [-0.1, -0.05) is 30.3 Å². The fraction of sp³-hybridized carbons (Fsp3) is 0.300. The van der Waals surface area contributed by atoms with Gasteiger partial charge in [0, 0.05) is 5.56 Å². The summed E-state index contributed by atoms with van der Waals surface area (Å²) in [5.74, 6) is -2.77. The predicted molar refractivity (Wildman–Crippen MR) is 55.1 cm³/mol. The summed E-state index contributed by atoms with van der Waals surface area (Å²) in [6.45, 7) is 0. The van der Waals surface area contributed by atoms with Crippen LogP contribution < -0.4 is 0 Å². The number of hydrogen-bond acceptors (Lipinski definition) is 1. The first-order chi connectivity index (χ1) is 8.12. The third-order valence-electron chi connectivity index (χ3n) is 1.93. The second kappa shape index (κ2) is 5.21. The molecule has 0 aliphatic carbocycles. The van der Waals surface area contributed by atoms with Crippen molar-refractivity contribution < 1.29 is 31.1 Å². The van der Waals surface area contributed by atoms with Crippen LogP contribution in [0, 0.1) is 0 Å². The number of benzene rings is 1. The highest BCUT2D eigenvalue weighted by atomic mass is 32.2. The largest absolute Gasteiger partial charge is 0.584 e. The molecule has 0 spiro atoms. The van der Waals surface area contributed by atoms with Gasteiger partial charge >= 0.3 is 11.0 Å². The van der Waals surface area contributed by atoms with E-state index in [0.717, 1.165) is 0 Å². The molecule has 1 aromatic rings. The monoisotopic (exact) mass is 289 g/mol. The number of rotatable bonds is 3. The van der Waals surface area contributed by atoms with Crippen molar-refractivity contribution in [2.75, 3.05) is 5.75 Å². The molecule has 0 fully saturated rings. The Labute approximate surface area is 101 Å². The minimum Gasteiger partial charge on any atom is -0.289 e. The molecule has 0 unspecified atom stereocenters. The highest BCUT2D eigenvalue weighted by molar-refractivity contribution is 7.99. The number of carbonyl (C=O) groups is 1. The first-order valence-electron chi connectivity index (χ1n) is 4.55. The average molecular weight is 289 g/mol. The van der Waals surface area contributed by atoms with E-state index in [1.807, 2.05) is 0 Å². The van der Waals surface area contributed by atoms with Crippen LogP contribution >= 0.6 is 0 Å². The molecule has 1 rings (SSSR count). The SMILES string of the molecule is O=C(C[S+](C(F)(F)F)C(F)(F)F)c1ccccc1. The molecule has 0 saturated heterocycles. The molecule has 0 aliphatic heterocycles. The van der Waals surface area contributed by atoms with E-state index in [-0.39, 0.29) is 5.56 Å².